The van der Waals surface area contributed by atoms with E-state index in [1.165, 1.54) is 5.56 Å². The highest BCUT2D eigenvalue weighted by Gasteiger charge is 2.04. The first-order chi connectivity index (χ1) is 4.88. The maximum Gasteiger partial charge on any atom is 0.0589 e. The number of hydrogen-bond acceptors (Lipinski definition) is 1. The van der Waals surface area contributed by atoms with Crippen molar-refractivity contribution in [2.24, 2.45) is 0 Å². The van der Waals surface area contributed by atoms with Crippen molar-refractivity contribution < 1.29 is 0 Å². The molecule has 1 heterocycles. The Kier molecular flexibility index (Phi) is 1.40. The van der Waals surface area contributed by atoms with Crippen molar-refractivity contribution in [3.63, 3.8) is 0 Å². The van der Waals surface area contributed by atoms with E-state index in [0.29, 0.717) is 0 Å². The maximum atomic E-state index is 5.88. The average molecular weight is 168 g/mol. The van der Waals surface area contributed by atoms with Gasteiger partial charge in [0.2, 0.25) is 0 Å². The lowest BCUT2D eigenvalue weighted by molar-refractivity contribution is 1.83. The van der Waals surface area contributed by atoms with Gasteiger partial charge in [-0.1, -0.05) is 23.7 Å². The van der Waals surface area contributed by atoms with Crippen LogP contribution < -0.4 is 0 Å². The second kappa shape index (κ2) is 2.26. The number of halogens is 1. The van der Waals surface area contributed by atoms with Gasteiger partial charge in [0, 0.05) is 10.9 Å². The van der Waals surface area contributed by atoms with Crippen LogP contribution >= 0.6 is 22.9 Å². The van der Waals surface area contributed by atoms with Gasteiger partial charge in [0.05, 0.1) is 5.02 Å². The highest BCUT2D eigenvalue weighted by molar-refractivity contribution is 7.08. The molecule has 0 saturated carbocycles. The Balaban J connectivity index is 2.80. The van der Waals surface area contributed by atoms with Crippen molar-refractivity contribution in [3.8, 4) is 11.1 Å². The van der Waals surface area contributed by atoms with Gasteiger partial charge < -0.3 is 0 Å². The molecule has 10 heavy (non-hydrogen) atoms. The van der Waals surface area contributed by atoms with Gasteiger partial charge in [-0.25, -0.2) is 0 Å². The van der Waals surface area contributed by atoms with E-state index in [1.54, 1.807) is 11.3 Å². The third kappa shape index (κ3) is 0.825. The van der Waals surface area contributed by atoms with Gasteiger partial charge in [0.25, 0.3) is 0 Å². The van der Waals surface area contributed by atoms with Crippen molar-refractivity contribution in [2.45, 2.75) is 0 Å². The summed E-state index contributed by atoms with van der Waals surface area (Å²) >= 11 is 7.49. The first-order valence-electron chi connectivity index (χ1n) is 2.90. The minimum absolute atomic E-state index is 0.799. The second-order valence-corrected chi connectivity index (χ2v) is 3.18. The molecule has 0 N–H and O–H groups in total. The zero-order chi connectivity index (χ0) is 6.97. The van der Waals surface area contributed by atoms with Crippen molar-refractivity contribution in [1.82, 2.24) is 0 Å². The van der Waals surface area contributed by atoms with Crippen molar-refractivity contribution in [3.05, 3.63) is 34.0 Å². The lowest BCUT2D eigenvalue weighted by Crippen LogP contribution is -1.69. The fraction of sp³-hybridized carbons (Fsp3) is 0. The molecule has 0 aromatic heterocycles. The average Bonchev–Trinajstić information content (AvgIpc) is 2.36. The van der Waals surface area contributed by atoms with Gasteiger partial charge in [-0.15, -0.1) is 0 Å². The predicted octanol–water partition coefficient (Wildman–Crippen LogP) is 3.31. The molecule has 0 fully saturated rings. The van der Waals surface area contributed by atoms with Crippen LogP contribution in [0.15, 0.2) is 22.9 Å². The molecule has 0 bridgehead atoms. The van der Waals surface area contributed by atoms with Crippen LogP contribution in [0.3, 0.4) is 0 Å². The molecule has 0 spiro atoms. The summed E-state index contributed by atoms with van der Waals surface area (Å²) in [5, 5.41) is 4.78. The predicted molar refractivity (Wildman–Crippen MR) is 44.8 cm³/mol. The summed E-state index contributed by atoms with van der Waals surface area (Å²) in [6.45, 7) is 0. The smallest absolute Gasteiger partial charge is 0.0589 e. The molecule has 0 amide bonds. The Morgan fingerprint density at radius 1 is 1.40 bits per heavy atom. The standard InChI is InChI=1S/C8H4ClS/c9-8-5-10-4-6-2-1-3-7(6)8/h1-2,4-5H. The molecule has 0 unspecified atom stereocenters. The van der Waals surface area contributed by atoms with Gasteiger partial charge >= 0.3 is 0 Å². The lowest BCUT2D eigenvalue weighted by Gasteiger charge is -1.96. The van der Waals surface area contributed by atoms with Crippen molar-refractivity contribution in [2.75, 3.05) is 0 Å². The molecule has 2 rings (SSSR count). The molecule has 1 aliphatic heterocycles. The fourth-order valence-electron chi connectivity index (χ4n) is 0.912. The van der Waals surface area contributed by atoms with Crippen LogP contribution in [-0.4, -0.2) is 0 Å². The van der Waals surface area contributed by atoms with E-state index in [4.69, 9.17) is 11.6 Å². The highest BCUT2D eigenvalue weighted by atomic mass is 35.5. The zero-order valence-electron chi connectivity index (χ0n) is 5.10. The van der Waals surface area contributed by atoms with Gasteiger partial charge in [-0.2, -0.15) is 11.3 Å². The highest BCUT2D eigenvalue weighted by Crippen LogP contribution is 2.31. The van der Waals surface area contributed by atoms with Crippen LogP contribution in [0.2, 0.25) is 5.02 Å². The minimum Gasteiger partial charge on any atom is -0.150 e. The fourth-order valence-corrected chi connectivity index (χ4v) is 1.88. The van der Waals surface area contributed by atoms with Gasteiger partial charge in [0.15, 0.2) is 0 Å². The molecule has 1 radical (unpaired) electrons. The first kappa shape index (κ1) is 6.20. The monoisotopic (exact) mass is 167 g/mol. The summed E-state index contributed by atoms with van der Waals surface area (Å²) in [7, 11) is 0. The SMILES string of the molecule is Clc1cscc2cc[c]c1-2. The molecule has 0 atom stereocenters. The van der Waals surface area contributed by atoms with E-state index in [1.807, 2.05) is 17.5 Å². The summed E-state index contributed by atoms with van der Waals surface area (Å²) in [5.74, 6) is 0. The molecule has 0 aromatic carbocycles. The molecule has 2 aliphatic rings. The first-order valence-corrected chi connectivity index (χ1v) is 4.22. The van der Waals surface area contributed by atoms with Crippen LogP contribution in [0.1, 0.15) is 0 Å². The summed E-state index contributed by atoms with van der Waals surface area (Å²) in [5.41, 5.74) is 2.21. The summed E-state index contributed by atoms with van der Waals surface area (Å²) < 4.78 is 0. The molecule has 0 saturated heterocycles. The quantitative estimate of drug-likeness (QED) is 0.565. The van der Waals surface area contributed by atoms with Crippen LogP contribution in [0, 0.1) is 6.07 Å². The molecule has 49 valence electrons. The normalized spacial score (nSPS) is 10.5. The largest absolute Gasteiger partial charge is 0.150 e. The van der Waals surface area contributed by atoms with E-state index in [0.717, 1.165) is 10.6 Å². The van der Waals surface area contributed by atoms with Gasteiger partial charge in [-0.05, 0) is 17.0 Å². The van der Waals surface area contributed by atoms with E-state index in [9.17, 15) is 0 Å². The third-order valence-electron chi connectivity index (χ3n) is 1.38. The molecular formula is C8H4ClS. The number of hydrogen-bond donors (Lipinski definition) is 0. The van der Waals surface area contributed by atoms with E-state index in [-0.39, 0.29) is 0 Å². The number of rotatable bonds is 0. The minimum atomic E-state index is 0.799. The van der Waals surface area contributed by atoms with Crippen LogP contribution in [0.4, 0.5) is 0 Å². The molecule has 2 heteroatoms. The van der Waals surface area contributed by atoms with Crippen LogP contribution in [0.5, 0.6) is 0 Å². The maximum absolute atomic E-state index is 5.88. The Morgan fingerprint density at radius 3 is 3.10 bits per heavy atom. The van der Waals surface area contributed by atoms with E-state index in [2.05, 4.69) is 11.4 Å². The second-order valence-electron chi connectivity index (χ2n) is 2.03. The van der Waals surface area contributed by atoms with Crippen molar-refractivity contribution >= 4 is 22.9 Å². The molecular weight excluding hydrogens is 164 g/mol. The zero-order valence-corrected chi connectivity index (χ0v) is 6.67. The van der Waals surface area contributed by atoms with E-state index < -0.39 is 0 Å². The summed E-state index contributed by atoms with van der Waals surface area (Å²) in [6, 6.07) is 6.97. The Morgan fingerprint density at radius 2 is 2.30 bits per heavy atom. The Bertz CT molecular complexity index is 313. The molecule has 0 nitrogen and oxygen atoms in total. The number of fused-ring (bicyclic) bond motifs is 1. The summed E-state index contributed by atoms with van der Waals surface area (Å²) in [4.78, 5) is 0. The Labute approximate surface area is 68.4 Å². The Hall–Kier alpha value is -0.530. The molecule has 1 aliphatic carbocycles. The molecule has 0 aromatic rings. The van der Waals surface area contributed by atoms with Gasteiger partial charge in [0.1, 0.15) is 0 Å². The third-order valence-corrected chi connectivity index (χ3v) is 2.57. The topological polar surface area (TPSA) is 0 Å². The van der Waals surface area contributed by atoms with Crippen LogP contribution in [-0.2, 0) is 0 Å². The van der Waals surface area contributed by atoms with Gasteiger partial charge in [-0.3, -0.25) is 0 Å². The lowest BCUT2D eigenvalue weighted by atomic mass is 10.2. The van der Waals surface area contributed by atoms with E-state index >= 15 is 0 Å². The van der Waals surface area contributed by atoms with Crippen molar-refractivity contribution in [1.29, 1.82) is 0 Å². The van der Waals surface area contributed by atoms with Crippen LogP contribution in [0.25, 0.3) is 11.1 Å². The summed E-state index contributed by atoms with van der Waals surface area (Å²) in [6.07, 6.45) is 0.